The number of fused-ring (bicyclic) bond motifs is 1. The number of hydrogen-bond donors (Lipinski definition) is 4. The van der Waals surface area contributed by atoms with Crippen LogP contribution in [0.4, 0.5) is 5.95 Å². The Labute approximate surface area is 119 Å². The number of hydrogen-bond acceptors (Lipinski definition) is 5. The number of aromatic nitrogens is 4. The summed E-state index contributed by atoms with van der Waals surface area (Å²) in [7, 11) is 0. The van der Waals surface area contributed by atoms with Crippen LogP contribution in [0, 0.1) is 5.41 Å². The van der Waals surface area contributed by atoms with Gasteiger partial charge in [0.2, 0.25) is 5.95 Å². The minimum atomic E-state index is -0.802. The summed E-state index contributed by atoms with van der Waals surface area (Å²) in [5.41, 5.74) is 4.73. The molecule has 0 aromatic carbocycles. The van der Waals surface area contributed by atoms with Crippen LogP contribution in [-0.4, -0.2) is 31.0 Å². The molecule has 0 unspecified atom stereocenters. The molecule has 1 aliphatic rings. The number of nitrogen functional groups attached to an aromatic ring is 1. The lowest BCUT2D eigenvalue weighted by molar-refractivity contribution is -0.151. The molecular weight excluding hydrogens is 274 g/mol. The Morgan fingerprint density at radius 3 is 2.62 bits per heavy atom. The van der Waals surface area contributed by atoms with Crippen molar-refractivity contribution in [2.45, 2.75) is 38.5 Å². The molecule has 21 heavy (non-hydrogen) atoms. The molecule has 0 radical (unpaired) electrons. The van der Waals surface area contributed by atoms with Crippen LogP contribution in [0.5, 0.6) is 0 Å². The van der Waals surface area contributed by atoms with E-state index in [-0.39, 0.29) is 23.5 Å². The van der Waals surface area contributed by atoms with Crippen molar-refractivity contribution in [3.63, 3.8) is 0 Å². The fourth-order valence-electron chi connectivity index (χ4n) is 3.07. The van der Waals surface area contributed by atoms with E-state index in [4.69, 9.17) is 5.73 Å². The smallest absolute Gasteiger partial charge is 0.310 e. The third-order valence-corrected chi connectivity index (χ3v) is 4.20. The van der Waals surface area contributed by atoms with E-state index in [2.05, 4.69) is 19.9 Å². The van der Waals surface area contributed by atoms with Crippen molar-refractivity contribution in [1.29, 1.82) is 0 Å². The second-order valence-corrected chi connectivity index (χ2v) is 5.66. The molecule has 5 N–H and O–H groups in total. The first kappa shape index (κ1) is 13.6. The van der Waals surface area contributed by atoms with Crippen molar-refractivity contribution < 1.29 is 9.90 Å². The number of carboxylic acids is 1. The molecule has 8 heteroatoms. The SMILES string of the molecule is Nc1nc2nc(CC3(C(=O)O)CCCCC3)[nH]c2c(=O)[nH]1. The number of nitrogens with one attached hydrogen (secondary N) is 2. The first-order chi connectivity index (χ1) is 10.00. The molecule has 2 heterocycles. The van der Waals surface area contributed by atoms with Gasteiger partial charge in [-0.2, -0.15) is 4.98 Å². The molecule has 8 nitrogen and oxygen atoms in total. The van der Waals surface area contributed by atoms with Crippen molar-refractivity contribution in [1.82, 2.24) is 19.9 Å². The Morgan fingerprint density at radius 2 is 1.95 bits per heavy atom. The lowest BCUT2D eigenvalue weighted by atomic mass is 9.72. The first-order valence-corrected chi connectivity index (χ1v) is 6.98. The molecule has 0 atom stereocenters. The van der Waals surface area contributed by atoms with Crippen LogP contribution in [0.2, 0.25) is 0 Å². The van der Waals surface area contributed by atoms with Crippen molar-refractivity contribution in [2.75, 3.05) is 5.73 Å². The van der Waals surface area contributed by atoms with E-state index in [1.165, 1.54) is 0 Å². The number of nitrogens with two attached hydrogens (primary N) is 1. The number of rotatable bonds is 3. The molecule has 1 fully saturated rings. The highest BCUT2D eigenvalue weighted by atomic mass is 16.4. The van der Waals surface area contributed by atoms with E-state index in [9.17, 15) is 14.7 Å². The Kier molecular flexibility index (Phi) is 3.15. The molecule has 0 spiro atoms. The molecule has 2 aromatic rings. The summed E-state index contributed by atoms with van der Waals surface area (Å²) >= 11 is 0. The standard InChI is InChI=1S/C13H17N5O3/c14-12-17-9-8(10(19)18-12)15-7(16-9)6-13(11(20)21)4-2-1-3-5-13/h1-6H2,(H,20,21)(H4,14,15,16,17,18,19). The van der Waals surface area contributed by atoms with Gasteiger partial charge in [-0.1, -0.05) is 19.3 Å². The zero-order valence-corrected chi connectivity index (χ0v) is 11.5. The van der Waals surface area contributed by atoms with Crippen LogP contribution in [-0.2, 0) is 11.2 Å². The minimum Gasteiger partial charge on any atom is -0.481 e. The second-order valence-electron chi connectivity index (χ2n) is 5.66. The zero-order valence-electron chi connectivity index (χ0n) is 11.5. The number of carboxylic acid groups (broad SMARTS) is 1. The normalized spacial score (nSPS) is 17.9. The molecule has 3 rings (SSSR count). The summed E-state index contributed by atoms with van der Waals surface area (Å²) in [4.78, 5) is 36.9. The number of anilines is 1. The van der Waals surface area contributed by atoms with Gasteiger partial charge < -0.3 is 15.8 Å². The highest BCUT2D eigenvalue weighted by Gasteiger charge is 2.40. The predicted molar refractivity (Wildman–Crippen MR) is 75.8 cm³/mol. The summed E-state index contributed by atoms with van der Waals surface area (Å²) in [6.07, 6.45) is 4.40. The van der Waals surface area contributed by atoms with Crippen LogP contribution in [0.1, 0.15) is 37.9 Å². The molecule has 112 valence electrons. The van der Waals surface area contributed by atoms with Crippen LogP contribution >= 0.6 is 0 Å². The number of aliphatic carboxylic acids is 1. The monoisotopic (exact) mass is 291 g/mol. The maximum Gasteiger partial charge on any atom is 0.310 e. The highest BCUT2D eigenvalue weighted by molar-refractivity contribution is 5.75. The summed E-state index contributed by atoms with van der Waals surface area (Å²) in [6, 6.07) is 0. The largest absolute Gasteiger partial charge is 0.481 e. The molecule has 1 aliphatic carbocycles. The number of imidazole rings is 1. The summed E-state index contributed by atoms with van der Waals surface area (Å²) in [5, 5.41) is 9.58. The van der Waals surface area contributed by atoms with Gasteiger partial charge >= 0.3 is 5.97 Å². The van der Waals surface area contributed by atoms with E-state index in [1.807, 2.05) is 0 Å². The molecule has 2 aromatic heterocycles. The van der Waals surface area contributed by atoms with Crippen LogP contribution in [0.3, 0.4) is 0 Å². The Hall–Kier alpha value is -2.38. The van der Waals surface area contributed by atoms with Crippen LogP contribution < -0.4 is 11.3 Å². The number of nitrogens with zero attached hydrogens (tertiary/aromatic N) is 2. The van der Waals surface area contributed by atoms with Gasteiger partial charge in [0.05, 0.1) is 5.41 Å². The molecular formula is C13H17N5O3. The molecule has 1 saturated carbocycles. The van der Waals surface area contributed by atoms with Gasteiger partial charge in [0.15, 0.2) is 11.2 Å². The molecule has 0 aliphatic heterocycles. The van der Waals surface area contributed by atoms with Gasteiger partial charge in [-0.05, 0) is 12.8 Å². The topological polar surface area (TPSA) is 138 Å². The predicted octanol–water partition coefficient (Wildman–Crippen LogP) is 0.806. The van der Waals surface area contributed by atoms with E-state index >= 15 is 0 Å². The van der Waals surface area contributed by atoms with Gasteiger partial charge in [0.1, 0.15) is 5.82 Å². The fourth-order valence-corrected chi connectivity index (χ4v) is 3.07. The van der Waals surface area contributed by atoms with E-state index < -0.39 is 16.9 Å². The lowest BCUT2D eigenvalue weighted by Gasteiger charge is -2.32. The van der Waals surface area contributed by atoms with Gasteiger partial charge in [0, 0.05) is 6.42 Å². The molecule has 0 amide bonds. The first-order valence-electron chi connectivity index (χ1n) is 6.98. The average molecular weight is 291 g/mol. The van der Waals surface area contributed by atoms with Crippen molar-refractivity contribution in [3.05, 3.63) is 16.2 Å². The highest BCUT2D eigenvalue weighted by Crippen LogP contribution is 2.39. The van der Waals surface area contributed by atoms with Crippen molar-refractivity contribution in [2.24, 2.45) is 5.41 Å². The van der Waals surface area contributed by atoms with Crippen LogP contribution in [0.15, 0.2) is 4.79 Å². The Morgan fingerprint density at radius 1 is 1.24 bits per heavy atom. The number of aromatic amines is 2. The maximum atomic E-state index is 11.8. The maximum absolute atomic E-state index is 11.8. The third-order valence-electron chi connectivity index (χ3n) is 4.20. The van der Waals surface area contributed by atoms with E-state index in [1.54, 1.807) is 0 Å². The van der Waals surface area contributed by atoms with E-state index in [0.717, 1.165) is 19.3 Å². The van der Waals surface area contributed by atoms with Gasteiger partial charge in [-0.15, -0.1) is 0 Å². The lowest BCUT2D eigenvalue weighted by Crippen LogP contribution is -2.35. The Balaban J connectivity index is 1.98. The second kappa shape index (κ2) is 4.87. The van der Waals surface area contributed by atoms with Crippen molar-refractivity contribution >= 4 is 23.1 Å². The van der Waals surface area contributed by atoms with E-state index in [0.29, 0.717) is 18.7 Å². The minimum absolute atomic E-state index is 0.00355. The fraction of sp³-hybridized carbons (Fsp3) is 0.538. The van der Waals surface area contributed by atoms with Gasteiger partial charge in [-0.3, -0.25) is 14.6 Å². The third kappa shape index (κ3) is 2.37. The van der Waals surface area contributed by atoms with Gasteiger partial charge in [-0.25, -0.2) is 4.98 Å². The number of carbonyl (C=O) groups is 1. The zero-order chi connectivity index (χ0) is 15.0. The Bertz CT molecular complexity index is 742. The van der Waals surface area contributed by atoms with Gasteiger partial charge in [0.25, 0.3) is 5.56 Å². The van der Waals surface area contributed by atoms with Crippen LogP contribution in [0.25, 0.3) is 11.2 Å². The quantitative estimate of drug-likeness (QED) is 0.660. The summed E-state index contributed by atoms with van der Waals surface area (Å²) in [5.74, 6) is -0.335. The van der Waals surface area contributed by atoms with Crippen molar-refractivity contribution in [3.8, 4) is 0 Å². The number of H-pyrrole nitrogens is 2. The average Bonchev–Trinajstić information content (AvgIpc) is 2.82. The molecule has 0 bridgehead atoms. The summed E-state index contributed by atoms with van der Waals surface area (Å²) in [6.45, 7) is 0. The molecule has 0 saturated heterocycles. The summed E-state index contributed by atoms with van der Waals surface area (Å²) < 4.78 is 0.